The molecule has 1 saturated carbocycles. The second kappa shape index (κ2) is 2.88. The fraction of sp³-hybridized carbons (Fsp3) is 1.00. The molecule has 0 saturated heterocycles. The van der Waals surface area contributed by atoms with E-state index in [0.717, 1.165) is 0 Å². The van der Waals surface area contributed by atoms with Gasteiger partial charge in [0.2, 0.25) is 5.13 Å². The molecule has 0 spiro atoms. The molecular formula is C7H10Cl3FO. The van der Waals surface area contributed by atoms with Crippen LogP contribution in [0.15, 0.2) is 0 Å². The van der Waals surface area contributed by atoms with E-state index in [2.05, 4.69) is 0 Å². The largest absolute Gasteiger partial charge is 0.382 e. The minimum atomic E-state index is -2.23. The summed E-state index contributed by atoms with van der Waals surface area (Å²) in [6.45, 7) is 1.22. The summed E-state index contributed by atoms with van der Waals surface area (Å²) in [5.74, 6) is 0. The molecule has 1 N–H and O–H groups in total. The average molecular weight is 236 g/mol. The van der Waals surface area contributed by atoms with Crippen LogP contribution in [0.25, 0.3) is 0 Å². The Kier molecular flexibility index (Phi) is 2.60. The summed E-state index contributed by atoms with van der Waals surface area (Å²) in [6, 6.07) is 0. The maximum absolute atomic E-state index is 13.5. The average Bonchev–Trinajstić information content (AvgIpc) is 1.83. The van der Waals surface area contributed by atoms with Crippen LogP contribution in [0, 0.1) is 0 Å². The van der Waals surface area contributed by atoms with Gasteiger partial charge in [0.15, 0.2) is 4.33 Å². The van der Waals surface area contributed by atoms with Crippen LogP contribution in [-0.2, 0) is 0 Å². The molecule has 1 aliphatic rings. The number of aliphatic hydroxyl groups is 1. The zero-order valence-corrected chi connectivity index (χ0v) is 8.85. The molecule has 0 bridgehead atoms. The Hall–Kier alpha value is 0.760. The summed E-state index contributed by atoms with van der Waals surface area (Å²) in [5, 5.41) is 7.43. The van der Waals surface area contributed by atoms with Gasteiger partial charge in [-0.1, -0.05) is 34.8 Å². The molecule has 5 heteroatoms. The fourth-order valence-electron chi connectivity index (χ4n) is 1.29. The molecule has 2 atom stereocenters. The lowest BCUT2D eigenvalue weighted by Crippen LogP contribution is -2.59. The van der Waals surface area contributed by atoms with Gasteiger partial charge >= 0.3 is 0 Å². The first-order valence-corrected chi connectivity index (χ1v) is 4.82. The Morgan fingerprint density at radius 3 is 2.08 bits per heavy atom. The molecule has 0 amide bonds. The van der Waals surface area contributed by atoms with Crippen LogP contribution < -0.4 is 0 Å². The molecule has 0 radical (unpaired) electrons. The van der Waals surface area contributed by atoms with Gasteiger partial charge in [-0.25, -0.2) is 4.39 Å². The van der Waals surface area contributed by atoms with Crippen LogP contribution in [0.4, 0.5) is 4.39 Å². The molecule has 72 valence electrons. The normalized spacial score (nSPS) is 47.5. The van der Waals surface area contributed by atoms with Gasteiger partial charge < -0.3 is 5.11 Å². The molecule has 12 heavy (non-hydrogen) atoms. The van der Waals surface area contributed by atoms with E-state index in [1.807, 2.05) is 0 Å². The van der Waals surface area contributed by atoms with Crippen molar-refractivity contribution in [2.75, 3.05) is 0 Å². The SMILES string of the molecule is CC1(O)C(F)(Cl)CCCC1(Cl)Cl. The van der Waals surface area contributed by atoms with Gasteiger partial charge in [-0.3, -0.25) is 0 Å². The van der Waals surface area contributed by atoms with Gasteiger partial charge in [-0.05, 0) is 26.2 Å². The Balaban J connectivity index is 2.99. The molecule has 0 aliphatic heterocycles. The van der Waals surface area contributed by atoms with Gasteiger partial charge in [0.05, 0.1) is 0 Å². The lowest BCUT2D eigenvalue weighted by Gasteiger charge is -2.46. The number of hydrogen-bond donors (Lipinski definition) is 1. The molecule has 1 nitrogen and oxygen atoms in total. The van der Waals surface area contributed by atoms with Crippen LogP contribution in [0.2, 0.25) is 0 Å². The van der Waals surface area contributed by atoms with Crippen LogP contribution >= 0.6 is 34.8 Å². The van der Waals surface area contributed by atoms with Gasteiger partial charge in [-0.15, -0.1) is 0 Å². The first-order chi connectivity index (χ1) is 5.21. The molecule has 0 aromatic rings. The second-order valence-electron chi connectivity index (χ2n) is 3.33. The van der Waals surface area contributed by atoms with Crippen molar-refractivity contribution in [3.05, 3.63) is 0 Å². The van der Waals surface area contributed by atoms with E-state index in [1.165, 1.54) is 6.92 Å². The quantitative estimate of drug-likeness (QED) is 0.640. The maximum atomic E-state index is 13.5. The minimum absolute atomic E-state index is 0.0722. The molecule has 0 aromatic carbocycles. The van der Waals surface area contributed by atoms with Gasteiger partial charge in [0.1, 0.15) is 5.60 Å². The summed E-state index contributed by atoms with van der Waals surface area (Å²) >= 11 is 16.9. The Morgan fingerprint density at radius 2 is 1.75 bits per heavy atom. The van der Waals surface area contributed by atoms with Gasteiger partial charge in [0.25, 0.3) is 0 Å². The lowest BCUT2D eigenvalue weighted by atomic mass is 9.83. The summed E-state index contributed by atoms with van der Waals surface area (Å²) in [6.07, 6.45) is 0.896. The Bertz CT molecular complexity index is 173. The monoisotopic (exact) mass is 234 g/mol. The Morgan fingerprint density at radius 1 is 1.25 bits per heavy atom. The minimum Gasteiger partial charge on any atom is -0.382 e. The number of rotatable bonds is 0. The zero-order chi connectivity index (χ0) is 9.62. The van der Waals surface area contributed by atoms with E-state index in [-0.39, 0.29) is 6.42 Å². The highest BCUT2D eigenvalue weighted by Crippen LogP contribution is 2.53. The van der Waals surface area contributed by atoms with E-state index in [4.69, 9.17) is 34.8 Å². The first kappa shape index (κ1) is 10.8. The second-order valence-corrected chi connectivity index (χ2v) is 5.42. The third-order valence-corrected chi connectivity index (χ3v) is 4.08. The zero-order valence-electron chi connectivity index (χ0n) is 6.58. The predicted octanol–water partition coefficient (Wildman–Crippen LogP) is 3.00. The van der Waals surface area contributed by atoms with Crippen LogP contribution in [0.3, 0.4) is 0 Å². The van der Waals surface area contributed by atoms with E-state index in [0.29, 0.717) is 12.8 Å². The molecule has 1 rings (SSSR count). The summed E-state index contributed by atoms with van der Waals surface area (Å²) in [5.41, 5.74) is -1.90. The lowest BCUT2D eigenvalue weighted by molar-refractivity contribution is -0.0786. The standard InChI is InChI=1S/C7H10Cl3FO/c1-5(12)6(8,9)3-2-4-7(5,10)11/h12H,2-4H2,1H3. The smallest absolute Gasteiger partial charge is 0.214 e. The Labute approximate surface area is 85.8 Å². The molecule has 2 unspecified atom stereocenters. The van der Waals surface area contributed by atoms with Gasteiger partial charge in [0, 0.05) is 0 Å². The van der Waals surface area contributed by atoms with Crippen molar-refractivity contribution in [3.63, 3.8) is 0 Å². The highest BCUT2D eigenvalue weighted by Gasteiger charge is 2.61. The summed E-state index contributed by atoms with van der Waals surface area (Å²) < 4.78 is 12.0. The molecular weight excluding hydrogens is 225 g/mol. The topological polar surface area (TPSA) is 20.2 Å². The van der Waals surface area contributed by atoms with Crippen LogP contribution in [0.5, 0.6) is 0 Å². The highest BCUT2D eigenvalue weighted by atomic mass is 35.5. The van der Waals surface area contributed by atoms with Crippen molar-refractivity contribution in [1.29, 1.82) is 0 Å². The number of halogens is 4. The van der Waals surface area contributed by atoms with Crippen molar-refractivity contribution in [3.8, 4) is 0 Å². The predicted molar refractivity (Wildman–Crippen MR) is 48.6 cm³/mol. The molecule has 0 heterocycles. The van der Waals surface area contributed by atoms with E-state index in [1.54, 1.807) is 0 Å². The summed E-state index contributed by atoms with van der Waals surface area (Å²) in [4.78, 5) is 0. The van der Waals surface area contributed by atoms with Crippen LogP contribution in [-0.4, -0.2) is 20.2 Å². The molecule has 1 aliphatic carbocycles. The third-order valence-electron chi connectivity index (χ3n) is 2.41. The molecule has 1 fully saturated rings. The number of hydrogen-bond acceptors (Lipinski definition) is 1. The molecule has 0 aromatic heterocycles. The van der Waals surface area contributed by atoms with Crippen molar-refractivity contribution in [1.82, 2.24) is 0 Å². The van der Waals surface area contributed by atoms with Crippen molar-refractivity contribution >= 4 is 34.8 Å². The first-order valence-electron chi connectivity index (χ1n) is 3.69. The fourth-order valence-corrected chi connectivity index (χ4v) is 2.25. The maximum Gasteiger partial charge on any atom is 0.214 e. The summed E-state index contributed by atoms with van der Waals surface area (Å²) in [7, 11) is 0. The van der Waals surface area contributed by atoms with Crippen molar-refractivity contribution < 1.29 is 9.50 Å². The van der Waals surface area contributed by atoms with Crippen molar-refractivity contribution in [2.24, 2.45) is 0 Å². The third kappa shape index (κ3) is 1.43. The van der Waals surface area contributed by atoms with E-state index >= 15 is 0 Å². The number of alkyl halides is 4. The van der Waals surface area contributed by atoms with Crippen molar-refractivity contribution in [2.45, 2.75) is 41.2 Å². The van der Waals surface area contributed by atoms with E-state index in [9.17, 15) is 9.50 Å². The highest BCUT2D eigenvalue weighted by molar-refractivity contribution is 6.50. The van der Waals surface area contributed by atoms with Gasteiger partial charge in [-0.2, -0.15) is 0 Å². The van der Waals surface area contributed by atoms with E-state index < -0.39 is 15.1 Å². The van der Waals surface area contributed by atoms with Crippen LogP contribution in [0.1, 0.15) is 26.2 Å².